The van der Waals surface area contributed by atoms with E-state index in [9.17, 15) is 9.59 Å². The van der Waals surface area contributed by atoms with Gasteiger partial charge in [0.05, 0.1) is 22.9 Å². The summed E-state index contributed by atoms with van der Waals surface area (Å²) < 4.78 is 7.09. The number of hydrogen-bond acceptors (Lipinski definition) is 6. The van der Waals surface area contributed by atoms with Gasteiger partial charge < -0.3 is 10.5 Å². The van der Waals surface area contributed by atoms with Gasteiger partial charge in [-0.15, -0.1) is 11.3 Å². The fraction of sp³-hybridized carbons (Fsp3) is 0.350. The van der Waals surface area contributed by atoms with Gasteiger partial charge >= 0.3 is 0 Å². The monoisotopic (exact) mass is 415 g/mol. The number of thiophene rings is 1. The number of thioether (sulfide) groups is 1. The normalized spacial score (nSPS) is 14.2. The van der Waals surface area contributed by atoms with Crippen molar-refractivity contribution in [1.29, 1.82) is 0 Å². The molecule has 4 rings (SSSR count). The Hall–Kier alpha value is -2.32. The molecule has 28 heavy (non-hydrogen) atoms. The van der Waals surface area contributed by atoms with E-state index in [-0.39, 0.29) is 5.56 Å². The number of fused-ring (bicyclic) bond motifs is 3. The Morgan fingerprint density at radius 3 is 2.79 bits per heavy atom. The summed E-state index contributed by atoms with van der Waals surface area (Å²) in [5, 5.41) is 0.695. The number of rotatable bonds is 6. The van der Waals surface area contributed by atoms with Gasteiger partial charge in [0, 0.05) is 4.88 Å². The number of primary amides is 1. The molecule has 146 valence electrons. The van der Waals surface area contributed by atoms with Crippen molar-refractivity contribution in [2.24, 2.45) is 5.73 Å². The van der Waals surface area contributed by atoms with Crippen molar-refractivity contribution in [3.8, 4) is 11.4 Å². The van der Waals surface area contributed by atoms with Crippen molar-refractivity contribution in [1.82, 2.24) is 9.55 Å². The lowest BCUT2D eigenvalue weighted by atomic mass is 10.2. The molecule has 1 aliphatic rings. The first-order chi connectivity index (χ1) is 13.5. The lowest BCUT2D eigenvalue weighted by molar-refractivity contribution is -0.117. The van der Waals surface area contributed by atoms with Crippen LogP contribution >= 0.6 is 23.1 Å². The number of ether oxygens (including phenoxy) is 1. The number of benzene rings is 1. The molecule has 1 aliphatic carbocycles. The van der Waals surface area contributed by atoms with Crippen LogP contribution < -0.4 is 16.0 Å². The zero-order chi connectivity index (χ0) is 19.8. The Kier molecular flexibility index (Phi) is 5.16. The van der Waals surface area contributed by atoms with Gasteiger partial charge in [-0.3, -0.25) is 14.2 Å². The molecule has 2 N–H and O–H groups in total. The summed E-state index contributed by atoms with van der Waals surface area (Å²) in [6.45, 7) is 4.22. The standard InChI is InChI=1S/C20H21N3O3S2/c1-3-26-13-9-7-12(8-10-13)23-19(25)16-14-5-4-6-15(14)28-18(16)22-20(23)27-11(2)17(21)24/h7-11H,3-6H2,1-2H3,(H2,21,24)/t11-/m1/s1. The minimum atomic E-state index is -0.495. The third kappa shape index (κ3) is 3.31. The molecule has 1 amide bonds. The van der Waals surface area contributed by atoms with Crippen molar-refractivity contribution >= 4 is 39.2 Å². The number of carbonyl (C=O) groups excluding carboxylic acids is 1. The summed E-state index contributed by atoms with van der Waals surface area (Å²) in [4.78, 5) is 31.9. The minimum Gasteiger partial charge on any atom is -0.494 e. The third-order valence-electron chi connectivity index (χ3n) is 4.80. The molecule has 1 atom stereocenters. The molecule has 8 heteroatoms. The van der Waals surface area contributed by atoms with E-state index in [2.05, 4.69) is 0 Å². The summed E-state index contributed by atoms with van der Waals surface area (Å²) in [6, 6.07) is 7.34. The molecule has 0 aliphatic heterocycles. The maximum absolute atomic E-state index is 13.5. The van der Waals surface area contributed by atoms with E-state index in [1.807, 2.05) is 31.2 Å². The molecule has 0 fully saturated rings. The summed E-state index contributed by atoms with van der Waals surface area (Å²) in [6.07, 6.45) is 2.99. The van der Waals surface area contributed by atoms with Gasteiger partial charge in [-0.25, -0.2) is 4.98 Å². The number of amides is 1. The van der Waals surface area contributed by atoms with E-state index in [1.165, 1.54) is 16.6 Å². The molecular formula is C20H21N3O3S2. The lowest BCUT2D eigenvalue weighted by Gasteiger charge is -2.15. The third-order valence-corrected chi connectivity index (χ3v) is 7.05. The van der Waals surface area contributed by atoms with Crippen LogP contribution in [-0.2, 0) is 17.6 Å². The Labute approximate surface area is 170 Å². The number of aromatic nitrogens is 2. The zero-order valence-corrected chi connectivity index (χ0v) is 17.4. The van der Waals surface area contributed by atoms with Crippen LogP contribution in [0.2, 0.25) is 0 Å². The quantitative estimate of drug-likeness (QED) is 0.493. The first kappa shape index (κ1) is 19.0. The van der Waals surface area contributed by atoms with E-state index in [1.54, 1.807) is 22.8 Å². The van der Waals surface area contributed by atoms with Gasteiger partial charge in [0.1, 0.15) is 10.6 Å². The molecule has 0 spiro atoms. The Bertz CT molecular complexity index is 1100. The Morgan fingerprint density at radius 2 is 2.11 bits per heavy atom. The lowest BCUT2D eigenvalue weighted by Crippen LogP contribution is -2.26. The topological polar surface area (TPSA) is 87.2 Å². The van der Waals surface area contributed by atoms with Crippen LogP contribution in [0.25, 0.3) is 15.9 Å². The molecular weight excluding hydrogens is 394 g/mol. The van der Waals surface area contributed by atoms with Crippen LogP contribution in [0.5, 0.6) is 5.75 Å². The van der Waals surface area contributed by atoms with Crippen molar-refractivity contribution in [3.63, 3.8) is 0 Å². The zero-order valence-electron chi connectivity index (χ0n) is 15.7. The van der Waals surface area contributed by atoms with E-state index < -0.39 is 11.2 Å². The van der Waals surface area contributed by atoms with Gasteiger partial charge in [-0.2, -0.15) is 0 Å². The van der Waals surface area contributed by atoms with Gasteiger partial charge in [-0.05, 0) is 62.9 Å². The van der Waals surface area contributed by atoms with Crippen molar-refractivity contribution in [2.75, 3.05) is 6.61 Å². The fourth-order valence-corrected chi connectivity index (χ4v) is 5.59. The van der Waals surface area contributed by atoms with Crippen LogP contribution in [0.4, 0.5) is 0 Å². The molecule has 0 saturated heterocycles. The van der Waals surface area contributed by atoms with Crippen molar-refractivity contribution in [3.05, 3.63) is 45.1 Å². The summed E-state index contributed by atoms with van der Waals surface area (Å²) in [5.74, 6) is 0.302. The highest BCUT2D eigenvalue weighted by atomic mass is 32.2. The maximum atomic E-state index is 13.5. The molecule has 3 aromatic rings. The molecule has 0 radical (unpaired) electrons. The molecule has 6 nitrogen and oxygen atoms in total. The molecule has 0 bridgehead atoms. The molecule has 2 aromatic heterocycles. The maximum Gasteiger partial charge on any atom is 0.267 e. The van der Waals surface area contributed by atoms with Crippen LogP contribution in [0, 0.1) is 0 Å². The van der Waals surface area contributed by atoms with Crippen LogP contribution in [0.15, 0.2) is 34.2 Å². The van der Waals surface area contributed by atoms with Gasteiger partial charge in [0.25, 0.3) is 5.56 Å². The summed E-state index contributed by atoms with van der Waals surface area (Å²) in [7, 11) is 0. The number of nitrogens with two attached hydrogens (primary N) is 1. The average molecular weight is 416 g/mol. The van der Waals surface area contributed by atoms with E-state index in [4.69, 9.17) is 15.5 Å². The first-order valence-corrected chi connectivity index (χ1v) is 11.0. The van der Waals surface area contributed by atoms with Gasteiger partial charge in [0.15, 0.2) is 5.16 Å². The van der Waals surface area contributed by atoms with Gasteiger partial charge in [0.2, 0.25) is 5.91 Å². The second kappa shape index (κ2) is 7.60. The van der Waals surface area contributed by atoms with Crippen LogP contribution in [-0.4, -0.2) is 27.3 Å². The highest BCUT2D eigenvalue weighted by molar-refractivity contribution is 8.00. The Morgan fingerprint density at radius 1 is 1.36 bits per heavy atom. The molecule has 0 unspecified atom stereocenters. The number of aryl methyl sites for hydroxylation is 2. The fourth-order valence-electron chi connectivity index (χ4n) is 3.41. The summed E-state index contributed by atoms with van der Waals surface area (Å²) >= 11 is 2.80. The average Bonchev–Trinajstić information content (AvgIpc) is 3.23. The first-order valence-electron chi connectivity index (χ1n) is 9.26. The molecule has 0 saturated carbocycles. The smallest absolute Gasteiger partial charge is 0.267 e. The number of carbonyl (C=O) groups is 1. The van der Waals surface area contributed by atoms with E-state index in [0.29, 0.717) is 22.8 Å². The SMILES string of the molecule is CCOc1ccc(-n2c(S[C@H](C)C(N)=O)nc3sc4c(c3c2=O)CCC4)cc1. The van der Waals surface area contributed by atoms with Crippen molar-refractivity contribution < 1.29 is 9.53 Å². The largest absolute Gasteiger partial charge is 0.494 e. The molecule has 1 aromatic carbocycles. The van der Waals surface area contributed by atoms with Crippen LogP contribution in [0.1, 0.15) is 30.7 Å². The predicted octanol–water partition coefficient (Wildman–Crippen LogP) is 3.30. The van der Waals surface area contributed by atoms with Crippen LogP contribution in [0.3, 0.4) is 0 Å². The Balaban J connectivity index is 1.91. The number of nitrogens with zero attached hydrogens (tertiary/aromatic N) is 2. The summed E-state index contributed by atoms with van der Waals surface area (Å²) in [5.41, 5.74) is 7.19. The minimum absolute atomic E-state index is 0.0901. The van der Waals surface area contributed by atoms with Crippen molar-refractivity contribution in [2.45, 2.75) is 43.5 Å². The highest BCUT2D eigenvalue weighted by Gasteiger charge is 2.25. The second-order valence-electron chi connectivity index (χ2n) is 6.66. The predicted molar refractivity (Wildman–Crippen MR) is 113 cm³/mol. The molecule has 2 heterocycles. The van der Waals surface area contributed by atoms with Gasteiger partial charge in [-0.1, -0.05) is 11.8 Å². The van der Waals surface area contributed by atoms with E-state index >= 15 is 0 Å². The highest BCUT2D eigenvalue weighted by Crippen LogP contribution is 2.36. The second-order valence-corrected chi connectivity index (χ2v) is 9.05. The number of hydrogen-bond donors (Lipinski definition) is 1. The van der Waals surface area contributed by atoms with E-state index in [0.717, 1.165) is 35.4 Å².